The fourth-order valence-corrected chi connectivity index (χ4v) is 2.98. The van der Waals surface area contributed by atoms with Gasteiger partial charge in [-0.15, -0.1) is 0 Å². The molecule has 3 N–H and O–H groups in total. The zero-order valence-corrected chi connectivity index (χ0v) is 18.1. The predicted molar refractivity (Wildman–Crippen MR) is 119 cm³/mol. The Morgan fingerprint density at radius 3 is 2.46 bits per heavy atom. The number of carbonyl (C=O) groups excluding carboxylic acids is 1. The van der Waals surface area contributed by atoms with Gasteiger partial charge in [-0.1, -0.05) is 44.2 Å². The summed E-state index contributed by atoms with van der Waals surface area (Å²) >= 11 is 0. The Morgan fingerprint density at radius 2 is 1.82 bits per heavy atom. The molecule has 0 aromatic heterocycles. The van der Waals surface area contributed by atoms with Crippen LogP contribution in [0.4, 0.5) is 0 Å². The van der Waals surface area contributed by atoms with E-state index in [1.165, 1.54) is 5.56 Å². The second-order valence-electron chi connectivity index (χ2n) is 7.00. The molecule has 28 heavy (non-hydrogen) atoms. The lowest BCUT2D eigenvalue weighted by Crippen LogP contribution is -2.43. The van der Waals surface area contributed by atoms with Crippen molar-refractivity contribution in [1.82, 2.24) is 20.9 Å². The molecule has 0 heterocycles. The molecule has 1 aromatic carbocycles. The Labute approximate surface area is 171 Å². The number of nitrogens with one attached hydrogen (secondary N) is 3. The smallest absolute Gasteiger partial charge is 0.241 e. The van der Waals surface area contributed by atoms with Gasteiger partial charge in [0.05, 0.1) is 0 Å². The zero-order chi connectivity index (χ0) is 20.6. The molecular formula is C22H39N5O. The lowest BCUT2D eigenvalue weighted by molar-refractivity contribution is -0.119. The number of guanidine groups is 1. The highest BCUT2D eigenvalue weighted by Crippen LogP contribution is 2.00. The van der Waals surface area contributed by atoms with E-state index in [2.05, 4.69) is 58.7 Å². The SMILES string of the molecule is CCNC(=NCC(=O)NCCc1ccccc1)NC(C)CCCN(CC)CC. The molecule has 0 aliphatic carbocycles. The summed E-state index contributed by atoms with van der Waals surface area (Å²) in [6.07, 6.45) is 3.05. The molecule has 0 saturated heterocycles. The van der Waals surface area contributed by atoms with E-state index in [9.17, 15) is 4.79 Å². The predicted octanol–water partition coefficient (Wildman–Crippen LogP) is 2.41. The van der Waals surface area contributed by atoms with Crippen molar-refractivity contribution in [2.75, 3.05) is 39.3 Å². The van der Waals surface area contributed by atoms with Crippen molar-refractivity contribution in [1.29, 1.82) is 0 Å². The molecule has 0 spiro atoms. The van der Waals surface area contributed by atoms with Crippen molar-refractivity contribution < 1.29 is 4.79 Å². The third kappa shape index (κ3) is 10.9. The van der Waals surface area contributed by atoms with E-state index in [-0.39, 0.29) is 12.5 Å². The molecule has 6 heteroatoms. The second kappa shape index (κ2) is 14.9. The molecule has 0 fully saturated rings. The van der Waals surface area contributed by atoms with Crippen molar-refractivity contribution in [3.05, 3.63) is 35.9 Å². The molecule has 0 aliphatic heterocycles. The Hall–Kier alpha value is -2.08. The molecule has 1 atom stereocenters. The molecule has 1 rings (SSSR count). The highest BCUT2D eigenvalue weighted by atomic mass is 16.1. The average Bonchev–Trinajstić information content (AvgIpc) is 2.70. The number of carbonyl (C=O) groups is 1. The quantitative estimate of drug-likeness (QED) is 0.358. The van der Waals surface area contributed by atoms with Crippen LogP contribution in [0.2, 0.25) is 0 Å². The minimum absolute atomic E-state index is 0.0534. The Balaban J connectivity index is 2.33. The van der Waals surface area contributed by atoms with Gasteiger partial charge in [0, 0.05) is 19.1 Å². The number of rotatable bonds is 13. The fourth-order valence-electron chi connectivity index (χ4n) is 2.98. The van der Waals surface area contributed by atoms with Gasteiger partial charge in [0.25, 0.3) is 0 Å². The van der Waals surface area contributed by atoms with Gasteiger partial charge in [-0.05, 0) is 58.3 Å². The lowest BCUT2D eigenvalue weighted by Gasteiger charge is -2.21. The first-order chi connectivity index (χ1) is 13.6. The van der Waals surface area contributed by atoms with E-state index in [1.54, 1.807) is 0 Å². The van der Waals surface area contributed by atoms with Crippen molar-refractivity contribution in [2.24, 2.45) is 4.99 Å². The van der Waals surface area contributed by atoms with Crippen LogP contribution >= 0.6 is 0 Å². The summed E-state index contributed by atoms with van der Waals surface area (Å²) in [6, 6.07) is 10.5. The summed E-state index contributed by atoms with van der Waals surface area (Å²) in [5.74, 6) is 0.651. The first-order valence-electron chi connectivity index (χ1n) is 10.7. The van der Waals surface area contributed by atoms with E-state index in [4.69, 9.17) is 0 Å². The molecule has 0 radical (unpaired) electrons. The summed E-state index contributed by atoms with van der Waals surface area (Å²) in [5.41, 5.74) is 1.22. The van der Waals surface area contributed by atoms with Gasteiger partial charge < -0.3 is 20.9 Å². The minimum atomic E-state index is -0.0534. The second-order valence-corrected chi connectivity index (χ2v) is 7.00. The normalized spacial score (nSPS) is 12.7. The first-order valence-corrected chi connectivity index (χ1v) is 10.7. The lowest BCUT2D eigenvalue weighted by atomic mass is 10.1. The first kappa shape index (κ1) is 24.0. The van der Waals surface area contributed by atoms with E-state index >= 15 is 0 Å². The molecule has 1 unspecified atom stereocenters. The zero-order valence-electron chi connectivity index (χ0n) is 18.1. The Bertz CT molecular complexity index is 557. The van der Waals surface area contributed by atoms with E-state index in [1.807, 2.05) is 25.1 Å². The van der Waals surface area contributed by atoms with Crippen LogP contribution in [0.25, 0.3) is 0 Å². The maximum atomic E-state index is 12.1. The van der Waals surface area contributed by atoms with Crippen LogP contribution in [0.15, 0.2) is 35.3 Å². The maximum absolute atomic E-state index is 12.1. The largest absolute Gasteiger partial charge is 0.357 e. The third-order valence-corrected chi connectivity index (χ3v) is 4.69. The standard InChI is InChI=1S/C22H39N5O/c1-5-23-22(26-19(4)12-11-17-27(6-2)7-3)25-18-21(28)24-16-15-20-13-9-8-10-14-20/h8-10,13-14,19H,5-7,11-12,15-18H2,1-4H3,(H,24,28)(H2,23,25,26). The van der Waals surface area contributed by atoms with Crippen LogP contribution in [0.3, 0.4) is 0 Å². The number of hydrogen-bond donors (Lipinski definition) is 3. The van der Waals surface area contributed by atoms with Crippen LogP contribution in [0, 0.1) is 0 Å². The maximum Gasteiger partial charge on any atom is 0.241 e. The Kier molecular flexibility index (Phi) is 12.8. The summed E-state index contributed by atoms with van der Waals surface area (Å²) in [4.78, 5) is 18.9. The van der Waals surface area contributed by atoms with Gasteiger partial charge in [-0.3, -0.25) is 4.79 Å². The number of nitrogens with zero attached hydrogens (tertiary/aromatic N) is 2. The summed E-state index contributed by atoms with van der Waals surface area (Å²) in [5, 5.41) is 9.56. The number of benzene rings is 1. The van der Waals surface area contributed by atoms with E-state index in [0.29, 0.717) is 18.5 Å². The van der Waals surface area contributed by atoms with Crippen molar-refractivity contribution in [3.8, 4) is 0 Å². The number of amides is 1. The van der Waals surface area contributed by atoms with Crippen LogP contribution in [-0.2, 0) is 11.2 Å². The van der Waals surface area contributed by atoms with Gasteiger partial charge in [0.15, 0.2) is 5.96 Å². The van der Waals surface area contributed by atoms with Crippen LogP contribution in [0.1, 0.15) is 46.1 Å². The van der Waals surface area contributed by atoms with Gasteiger partial charge in [-0.25, -0.2) is 4.99 Å². The van der Waals surface area contributed by atoms with Gasteiger partial charge in [0.2, 0.25) is 5.91 Å². The van der Waals surface area contributed by atoms with E-state index in [0.717, 1.165) is 45.4 Å². The fraction of sp³-hybridized carbons (Fsp3) is 0.636. The molecule has 1 amide bonds. The van der Waals surface area contributed by atoms with Crippen molar-refractivity contribution in [3.63, 3.8) is 0 Å². The molecular weight excluding hydrogens is 350 g/mol. The Morgan fingerprint density at radius 1 is 1.11 bits per heavy atom. The van der Waals surface area contributed by atoms with Gasteiger partial charge in [-0.2, -0.15) is 0 Å². The molecule has 0 aliphatic rings. The average molecular weight is 390 g/mol. The van der Waals surface area contributed by atoms with Gasteiger partial charge in [0.1, 0.15) is 6.54 Å². The third-order valence-electron chi connectivity index (χ3n) is 4.69. The van der Waals surface area contributed by atoms with Gasteiger partial charge >= 0.3 is 0 Å². The molecule has 6 nitrogen and oxygen atoms in total. The summed E-state index contributed by atoms with van der Waals surface area (Å²) in [7, 11) is 0. The van der Waals surface area contributed by atoms with Crippen LogP contribution < -0.4 is 16.0 Å². The summed E-state index contributed by atoms with van der Waals surface area (Å²) in [6.45, 7) is 13.4. The highest BCUT2D eigenvalue weighted by molar-refractivity contribution is 5.85. The number of aliphatic imine (C=N–C) groups is 1. The monoisotopic (exact) mass is 389 g/mol. The summed E-state index contributed by atoms with van der Waals surface area (Å²) < 4.78 is 0. The highest BCUT2D eigenvalue weighted by Gasteiger charge is 2.07. The topological polar surface area (TPSA) is 68.8 Å². The molecule has 0 saturated carbocycles. The molecule has 1 aromatic rings. The van der Waals surface area contributed by atoms with Crippen LogP contribution in [-0.4, -0.2) is 62.1 Å². The van der Waals surface area contributed by atoms with Crippen molar-refractivity contribution in [2.45, 2.75) is 53.0 Å². The van der Waals surface area contributed by atoms with E-state index < -0.39 is 0 Å². The minimum Gasteiger partial charge on any atom is -0.357 e. The molecule has 158 valence electrons. The van der Waals surface area contributed by atoms with Crippen molar-refractivity contribution >= 4 is 11.9 Å². The molecule has 0 bridgehead atoms. The number of hydrogen-bond acceptors (Lipinski definition) is 3. The van der Waals surface area contributed by atoms with Crippen LogP contribution in [0.5, 0.6) is 0 Å².